The number of nitrogens with zero attached hydrogens (tertiary/aromatic N) is 5. The van der Waals surface area contributed by atoms with Crippen LogP contribution >= 0.6 is 0 Å². The van der Waals surface area contributed by atoms with E-state index in [0.29, 0.717) is 18.1 Å². The van der Waals surface area contributed by atoms with Gasteiger partial charge in [-0.3, -0.25) is 0 Å². The Kier molecular flexibility index (Phi) is 5.82. The normalized spacial score (nSPS) is 11.0. The molecule has 134 valence electrons. The van der Waals surface area contributed by atoms with Crippen LogP contribution in [0.3, 0.4) is 0 Å². The minimum Gasteiger partial charge on any atom is -0.477 e. The third kappa shape index (κ3) is 4.01. The molecule has 0 amide bonds. The fraction of sp³-hybridized carbons (Fsp3) is 0.350. The van der Waals surface area contributed by atoms with Crippen LogP contribution in [0.15, 0.2) is 42.6 Å². The zero-order valence-corrected chi connectivity index (χ0v) is 15.2. The lowest BCUT2D eigenvalue weighted by atomic mass is 10.1. The van der Waals surface area contributed by atoms with E-state index >= 15 is 0 Å². The van der Waals surface area contributed by atoms with E-state index in [1.54, 1.807) is 16.8 Å². The Balaban J connectivity index is 1.75. The molecule has 6 nitrogen and oxygen atoms in total. The summed E-state index contributed by atoms with van der Waals surface area (Å²) < 4.78 is 7.58. The van der Waals surface area contributed by atoms with E-state index in [9.17, 15) is 0 Å². The molecule has 0 N–H and O–H groups in total. The number of fused-ring (bicyclic) bond motifs is 1. The molecule has 0 unspecified atom stereocenters. The number of ether oxygens (including phenoxy) is 1. The second-order valence-corrected chi connectivity index (χ2v) is 6.01. The van der Waals surface area contributed by atoms with Gasteiger partial charge >= 0.3 is 0 Å². The number of benzene rings is 1. The van der Waals surface area contributed by atoms with Crippen molar-refractivity contribution in [3.05, 3.63) is 48.2 Å². The first kappa shape index (κ1) is 17.9. The summed E-state index contributed by atoms with van der Waals surface area (Å²) in [7, 11) is 0. The first-order chi connectivity index (χ1) is 12.7. The second-order valence-electron chi connectivity index (χ2n) is 6.01. The van der Waals surface area contributed by atoms with Crippen molar-refractivity contribution in [2.24, 2.45) is 0 Å². The first-order valence-corrected chi connectivity index (χ1v) is 8.95. The number of hydrogen-bond acceptors (Lipinski definition) is 5. The van der Waals surface area contributed by atoms with Crippen molar-refractivity contribution >= 4 is 5.65 Å². The Morgan fingerprint density at radius 3 is 2.81 bits per heavy atom. The van der Waals surface area contributed by atoms with Crippen LogP contribution in [0.4, 0.5) is 0 Å². The summed E-state index contributed by atoms with van der Waals surface area (Å²) in [6.07, 6.45) is 2.73. The number of imidazole rings is 1. The van der Waals surface area contributed by atoms with E-state index in [1.165, 1.54) is 0 Å². The van der Waals surface area contributed by atoms with Crippen LogP contribution < -0.4 is 4.74 Å². The summed E-state index contributed by atoms with van der Waals surface area (Å²) in [5, 5.41) is 13.7. The van der Waals surface area contributed by atoms with Crippen LogP contribution in [0.1, 0.15) is 25.8 Å². The van der Waals surface area contributed by atoms with E-state index in [2.05, 4.69) is 34.9 Å². The Morgan fingerprint density at radius 1 is 1.19 bits per heavy atom. The largest absolute Gasteiger partial charge is 0.477 e. The van der Waals surface area contributed by atoms with Crippen LogP contribution in [0.25, 0.3) is 16.9 Å². The molecule has 0 atom stereocenters. The third-order valence-electron chi connectivity index (χ3n) is 4.39. The summed E-state index contributed by atoms with van der Waals surface area (Å²) in [6, 6.07) is 13.3. The van der Waals surface area contributed by atoms with Gasteiger partial charge in [0.1, 0.15) is 0 Å². The quantitative estimate of drug-likeness (QED) is 0.583. The predicted octanol–water partition coefficient (Wildman–Crippen LogP) is 3.38. The monoisotopic (exact) mass is 349 g/mol. The average molecular weight is 349 g/mol. The average Bonchev–Trinajstić information content (AvgIpc) is 3.11. The second kappa shape index (κ2) is 8.45. The minimum absolute atomic E-state index is 0.577. The van der Waals surface area contributed by atoms with Gasteiger partial charge in [-0.15, -0.1) is 5.10 Å². The molecule has 0 bridgehead atoms. The molecule has 2 heterocycles. The van der Waals surface area contributed by atoms with Crippen molar-refractivity contribution in [1.29, 1.82) is 5.26 Å². The Bertz CT molecular complexity index is 908. The van der Waals surface area contributed by atoms with Crippen LogP contribution in [0.5, 0.6) is 5.88 Å². The summed E-state index contributed by atoms with van der Waals surface area (Å²) in [4.78, 5) is 6.76. The fourth-order valence-electron chi connectivity index (χ4n) is 2.88. The lowest BCUT2D eigenvalue weighted by molar-refractivity contribution is 0.242. The molecule has 0 radical (unpaired) electrons. The maximum Gasteiger partial charge on any atom is 0.231 e. The van der Waals surface area contributed by atoms with Crippen LogP contribution in [0.2, 0.25) is 0 Å². The zero-order chi connectivity index (χ0) is 18.4. The van der Waals surface area contributed by atoms with Crippen molar-refractivity contribution in [1.82, 2.24) is 19.5 Å². The number of rotatable bonds is 8. The predicted molar refractivity (Wildman–Crippen MR) is 101 cm³/mol. The van der Waals surface area contributed by atoms with Gasteiger partial charge in [0.25, 0.3) is 0 Å². The van der Waals surface area contributed by atoms with Crippen molar-refractivity contribution in [2.45, 2.75) is 20.3 Å². The molecule has 0 aliphatic heterocycles. The smallest absolute Gasteiger partial charge is 0.231 e. The summed E-state index contributed by atoms with van der Waals surface area (Å²) in [5.74, 6) is 0.577. The molecule has 0 aliphatic carbocycles. The molecule has 3 aromatic rings. The molecule has 1 aromatic carbocycles. The third-order valence-corrected chi connectivity index (χ3v) is 4.39. The molecule has 0 spiro atoms. The lowest BCUT2D eigenvalue weighted by Gasteiger charge is -2.17. The molecule has 6 heteroatoms. The van der Waals surface area contributed by atoms with Gasteiger partial charge in [0, 0.05) is 18.2 Å². The van der Waals surface area contributed by atoms with Crippen LogP contribution in [-0.2, 0) is 0 Å². The van der Waals surface area contributed by atoms with Gasteiger partial charge in [0.05, 0.1) is 30.1 Å². The molecule has 3 rings (SSSR count). The van der Waals surface area contributed by atoms with Crippen molar-refractivity contribution in [3.8, 4) is 23.2 Å². The summed E-state index contributed by atoms with van der Waals surface area (Å²) in [5.41, 5.74) is 3.10. The maximum atomic E-state index is 9.10. The molecular formula is C20H23N5O. The molecule has 2 aromatic heterocycles. The maximum absolute atomic E-state index is 9.10. The van der Waals surface area contributed by atoms with Crippen LogP contribution in [-0.4, -0.2) is 45.7 Å². The molecule has 0 aliphatic rings. The van der Waals surface area contributed by atoms with E-state index in [0.717, 1.165) is 43.0 Å². The van der Waals surface area contributed by atoms with Gasteiger partial charge in [-0.1, -0.05) is 26.0 Å². The highest BCUT2D eigenvalue weighted by molar-refractivity contribution is 5.64. The van der Waals surface area contributed by atoms with Gasteiger partial charge < -0.3 is 9.64 Å². The highest BCUT2D eigenvalue weighted by Gasteiger charge is 2.09. The number of aromatic nitrogens is 3. The van der Waals surface area contributed by atoms with Crippen molar-refractivity contribution < 1.29 is 4.74 Å². The highest BCUT2D eigenvalue weighted by Crippen LogP contribution is 2.22. The standard InChI is InChI=1S/C20H23N5O/c1-3-24(4-2)11-6-12-26-20-10-9-19-22-15-18(25(19)23-20)17-8-5-7-16(13-17)14-21/h5,7-10,13,15H,3-4,6,11-12H2,1-2H3. The van der Waals surface area contributed by atoms with Gasteiger partial charge in [0.15, 0.2) is 5.65 Å². The number of nitriles is 1. The van der Waals surface area contributed by atoms with Gasteiger partial charge in [-0.25, -0.2) is 9.50 Å². The molecular weight excluding hydrogens is 326 g/mol. The number of hydrogen-bond donors (Lipinski definition) is 0. The van der Waals surface area contributed by atoms with Crippen LogP contribution in [0, 0.1) is 11.3 Å². The van der Waals surface area contributed by atoms with E-state index < -0.39 is 0 Å². The van der Waals surface area contributed by atoms with Crippen molar-refractivity contribution in [2.75, 3.05) is 26.2 Å². The molecule has 0 fully saturated rings. The van der Waals surface area contributed by atoms with Crippen molar-refractivity contribution in [3.63, 3.8) is 0 Å². The molecule has 0 saturated carbocycles. The lowest BCUT2D eigenvalue weighted by Crippen LogP contribution is -2.25. The van der Waals surface area contributed by atoms with Gasteiger partial charge in [0.2, 0.25) is 5.88 Å². The van der Waals surface area contributed by atoms with E-state index in [1.807, 2.05) is 30.3 Å². The minimum atomic E-state index is 0.577. The Labute approximate surface area is 153 Å². The Hall–Kier alpha value is -2.91. The molecule has 26 heavy (non-hydrogen) atoms. The summed E-state index contributed by atoms with van der Waals surface area (Å²) >= 11 is 0. The Morgan fingerprint density at radius 2 is 2.04 bits per heavy atom. The van der Waals surface area contributed by atoms with E-state index in [-0.39, 0.29) is 0 Å². The summed E-state index contributed by atoms with van der Waals surface area (Å²) in [6.45, 7) is 8.10. The first-order valence-electron chi connectivity index (χ1n) is 8.95. The van der Waals surface area contributed by atoms with Gasteiger partial charge in [-0.05, 0) is 37.7 Å². The SMILES string of the molecule is CCN(CC)CCCOc1ccc2ncc(-c3cccc(C#N)c3)n2n1. The van der Waals surface area contributed by atoms with E-state index in [4.69, 9.17) is 10.00 Å². The fourth-order valence-corrected chi connectivity index (χ4v) is 2.88. The topological polar surface area (TPSA) is 66.5 Å². The van der Waals surface area contributed by atoms with Gasteiger partial charge in [-0.2, -0.15) is 5.26 Å². The highest BCUT2D eigenvalue weighted by atomic mass is 16.5. The molecule has 0 saturated heterocycles. The zero-order valence-electron chi connectivity index (χ0n) is 15.2.